The van der Waals surface area contributed by atoms with E-state index in [2.05, 4.69) is 31.3 Å². The Kier molecular flexibility index (Phi) is 4.47. The largest absolute Gasteiger partial charge is 0.309 e. The third kappa shape index (κ3) is 3.46. The van der Waals surface area contributed by atoms with Gasteiger partial charge in [-0.05, 0) is 48.9 Å². The normalized spacial score (nSPS) is 18.1. The lowest BCUT2D eigenvalue weighted by atomic mass is 9.85. The van der Waals surface area contributed by atoms with Crippen LogP contribution in [0.3, 0.4) is 0 Å². The van der Waals surface area contributed by atoms with E-state index in [1.807, 2.05) is 12.1 Å². The number of hydrogen-bond acceptors (Lipinski definition) is 1. The van der Waals surface area contributed by atoms with E-state index in [0.29, 0.717) is 12.0 Å². The molecule has 1 aliphatic rings. The molecule has 1 N–H and O–H groups in total. The second kappa shape index (κ2) is 5.88. The second-order valence-electron chi connectivity index (χ2n) is 5.48. The van der Waals surface area contributed by atoms with E-state index in [9.17, 15) is 0 Å². The van der Waals surface area contributed by atoms with Crippen LogP contribution in [0.25, 0.3) is 0 Å². The van der Waals surface area contributed by atoms with Gasteiger partial charge in [-0.25, -0.2) is 0 Å². The first-order chi connectivity index (χ1) is 8.16. The summed E-state index contributed by atoms with van der Waals surface area (Å²) in [6.45, 7) is 5.70. The van der Waals surface area contributed by atoms with Gasteiger partial charge in [0, 0.05) is 11.1 Å². The lowest BCUT2D eigenvalue weighted by molar-refractivity contribution is 0.274. The van der Waals surface area contributed by atoms with E-state index >= 15 is 0 Å². The van der Waals surface area contributed by atoms with E-state index in [-0.39, 0.29) is 0 Å². The van der Waals surface area contributed by atoms with Gasteiger partial charge in [0.05, 0.1) is 0 Å². The first kappa shape index (κ1) is 12.9. The molecule has 1 atom stereocenters. The van der Waals surface area contributed by atoms with Gasteiger partial charge in [0.2, 0.25) is 0 Å². The topological polar surface area (TPSA) is 12.0 Å². The van der Waals surface area contributed by atoms with Crippen LogP contribution in [0.4, 0.5) is 0 Å². The Morgan fingerprint density at radius 3 is 2.35 bits per heavy atom. The zero-order valence-electron chi connectivity index (χ0n) is 10.7. The van der Waals surface area contributed by atoms with Gasteiger partial charge < -0.3 is 5.32 Å². The standard InChI is InChI=1S/C15H22ClN/c1-11(2)15(17-10-12-4-3-5-12)13-6-8-14(16)9-7-13/h6-9,11-12,15,17H,3-5,10H2,1-2H3. The number of halogens is 1. The van der Waals surface area contributed by atoms with Crippen LogP contribution in [0, 0.1) is 11.8 Å². The molecule has 1 unspecified atom stereocenters. The summed E-state index contributed by atoms with van der Waals surface area (Å²) < 4.78 is 0. The Hall–Kier alpha value is -0.530. The molecule has 1 fully saturated rings. The van der Waals surface area contributed by atoms with E-state index in [0.717, 1.165) is 17.5 Å². The lowest BCUT2D eigenvalue weighted by Gasteiger charge is -2.30. The molecule has 94 valence electrons. The Morgan fingerprint density at radius 2 is 1.88 bits per heavy atom. The molecule has 1 saturated carbocycles. The number of rotatable bonds is 5. The molecule has 0 radical (unpaired) electrons. The molecule has 0 saturated heterocycles. The average molecular weight is 252 g/mol. The number of nitrogens with one attached hydrogen (secondary N) is 1. The molecule has 0 aromatic heterocycles. The Labute approximate surface area is 110 Å². The highest BCUT2D eigenvalue weighted by Gasteiger charge is 2.21. The predicted molar refractivity (Wildman–Crippen MR) is 74.4 cm³/mol. The number of hydrogen-bond donors (Lipinski definition) is 1. The van der Waals surface area contributed by atoms with E-state index in [4.69, 9.17) is 11.6 Å². The molecule has 0 aliphatic heterocycles. The quantitative estimate of drug-likeness (QED) is 0.817. The molecule has 1 aromatic rings. The minimum Gasteiger partial charge on any atom is -0.309 e. The van der Waals surface area contributed by atoms with Crippen molar-refractivity contribution >= 4 is 11.6 Å². The first-order valence-electron chi connectivity index (χ1n) is 6.65. The van der Waals surface area contributed by atoms with E-state index in [1.165, 1.54) is 24.8 Å². The van der Waals surface area contributed by atoms with Crippen molar-refractivity contribution in [2.45, 2.75) is 39.2 Å². The summed E-state index contributed by atoms with van der Waals surface area (Å²) in [5, 5.41) is 4.53. The van der Waals surface area contributed by atoms with Gasteiger partial charge in [0.25, 0.3) is 0 Å². The van der Waals surface area contributed by atoms with Crippen LogP contribution in [0.15, 0.2) is 24.3 Å². The molecule has 0 spiro atoms. The van der Waals surface area contributed by atoms with Crippen LogP contribution >= 0.6 is 11.6 Å². The van der Waals surface area contributed by atoms with Gasteiger partial charge in [-0.2, -0.15) is 0 Å². The fourth-order valence-electron chi connectivity index (χ4n) is 2.40. The maximum atomic E-state index is 5.93. The van der Waals surface area contributed by atoms with Crippen molar-refractivity contribution < 1.29 is 0 Å². The average Bonchev–Trinajstić information content (AvgIpc) is 2.23. The Balaban J connectivity index is 1.97. The minimum atomic E-state index is 0.452. The fourth-order valence-corrected chi connectivity index (χ4v) is 2.53. The van der Waals surface area contributed by atoms with Crippen molar-refractivity contribution in [2.75, 3.05) is 6.54 Å². The van der Waals surface area contributed by atoms with Crippen LogP contribution in [0.5, 0.6) is 0 Å². The second-order valence-corrected chi connectivity index (χ2v) is 5.91. The van der Waals surface area contributed by atoms with Crippen LogP contribution < -0.4 is 5.32 Å². The summed E-state index contributed by atoms with van der Waals surface area (Å²) >= 11 is 5.93. The smallest absolute Gasteiger partial charge is 0.0406 e. The highest BCUT2D eigenvalue weighted by molar-refractivity contribution is 6.30. The molecule has 17 heavy (non-hydrogen) atoms. The maximum Gasteiger partial charge on any atom is 0.0406 e. The molecule has 1 aromatic carbocycles. The molecule has 0 heterocycles. The molecular formula is C15H22ClN. The molecule has 2 heteroatoms. The Bertz CT molecular complexity index is 340. The van der Waals surface area contributed by atoms with Gasteiger partial charge in [0.15, 0.2) is 0 Å². The monoisotopic (exact) mass is 251 g/mol. The van der Waals surface area contributed by atoms with Crippen LogP contribution in [0.1, 0.15) is 44.7 Å². The number of benzene rings is 1. The molecule has 1 aliphatic carbocycles. The van der Waals surface area contributed by atoms with Crippen LogP contribution in [-0.4, -0.2) is 6.54 Å². The van der Waals surface area contributed by atoms with Crippen molar-refractivity contribution in [1.82, 2.24) is 5.32 Å². The van der Waals surface area contributed by atoms with Gasteiger partial charge in [0.1, 0.15) is 0 Å². The zero-order valence-corrected chi connectivity index (χ0v) is 11.5. The van der Waals surface area contributed by atoms with Gasteiger partial charge >= 0.3 is 0 Å². The van der Waals surface area contributed by atoms with Gasteiger partial charge in [-0.1, -0.05) is 44.0 Å². The third-order valence-electron chi connectivity index (χ3n) is 3.75. The maximum absolute atomic E-state index is 5.93. The van der Waals surface area contributed by atoms with Crippen molar-refractivity contribution in [3.05, 3.63) is 34.9 Å². The van der Waals surface area contributed by atoms with Gasteiger partial charge in [-0.15, -0.1) is 0 Å². The highest BCUT2D eigenvalue weighted by atomic mass is 35.5. The third-order valence-corrected chi connectivity index (χ3v) is 4.00. The van der Waals surface area contributed by atoms with Gasteiger partial charge in [-0.3, -0.25) is 0 Å². The molecule has 1 nitrogen and oxygen atoms in total. The Morgan fingerprint density at radius 1 is 1.24 bits per heavy atom. The summed E-state index contributed by atoms with van der Waals surface area (Å²) in [4.78, 5) is 0. The first-order valence-corrected chi connectivity index (χ1v) is 7.03. The van der Waals surface area contributed by atoms with E-state index < -0.39 is 0 Å². The van der Waals surface area contributed by atoms with Crippen LogP contribution in [0.2, 0.25) is 5.02 Å². The van der Waals surface area contributed by atoms with Crippen molar-refractivity contribution in [3.8, 4) is 0 Å². The summed E-state index contributed by atoms with van der Waals surface area (Å²) in [7, 11) is 0. The molecule has 0 bridgehead atoms. The predicted octanol–water partition coefficient (Wildman–Crippen LogP) is 4.43. The minimum absolute atomic E-state index is 0.452. The summed E-state index contributed by atoms with van der Waals surface area (Å²) in [5.74, 6) is 1.51. The SMILES string of the molecule is CC(C)C(NCC1CCC1)c1ccc(Cl)cc1. The fraction of sp³-hybridized carbons (Fsp3) is 0.600. The van der Waals surface area contributed by atoms with Crippen molar-refractivity contribution in [3.63, 3.8) is 0 Å². The summed E-state index contributed by atoms with van der Waals surface area (Å²) in [6.07, 6.45) is 4.22. The summed E-state index contributed by atoms with van der Waals surface area (Å²) in [5.41, 5.74) is 1.35. The lowest BCUT2D eigenvalue weighted by Crippen LogP contribution is -2.33. The molecule has 0 amide bonds. The summed E-state index contributed by atoms with van der Waals surface area (Å²) in [6, 6.07) is 8.70. The molecular weight excluding hydrogens is 230 g/mol. The molecule has 2 rings (SSSR count). The highest BCUT2D eigenvalue weighted by Crippen LogP contribution is 2.28. The van der Waals surface area contributed by atoms with E-state index in [1.54, 1.807) is 0 Å². The zero-order chi connectivity index (χ0) is 12.3. The van der Waals surface area contributed by atoms with Crippen molar-refractivity contribution in [1.29, 1.82) is 0 Å². The van der Waals surface area contributed by atoms with Crippen LogP contribution in [-0.2, 0) is 0 Å². The van der Waals surface area contributed by atoms with Crippen molar-refractivity contribution in [2.24, 2.45) is 11.8 Å².